The van der Waals surface area contributed by atoms with Gasteiger partial charge in [-0.05, 0) is 36.8 Å². The first kappa shape index (κ1) is 24.5. The van der Waals surface area contributed by atoms with Gasteiger partial charge in [-0.3, -0.25) is 9.59 Å². The van der Waals surface area contributed by atoms with E-state index in [-0.39, 0.29) is 41.4 Å². The van der Waals surface area contributed by atoms with Gasteiger partial charge in [0.15, 0.2) is 0 Å². The number of thiophene rings is 1. The van der Waals surface area contributed by atoms with Crippen molar-refractivity contribution in [2.24, 2.45) is 5.92 Å². The lowest BCUT2D eigenvalue weighted by molar-refractivity contribution is -0.149. The molecule has 35 heavy (non-hydrogen) atoms. The Labute approximate surface area is 208 Å². The molecule has 4 rings (SSSR count). The van der Waals surface area contributed by atoms with Crippen LogP contribution in [0.5, 0.6) is 0 Å². The van der Waals surface area contributed by atoms with Crippen LogP contribution < -0.4 is 11.5 Å². The number of benzene rings is 1. The zero-order chi connectivity index (χ0) is 25.3. The number of esters is 1. The molecule has 0 radical (unpaired) electrons. The fraction of sp³-hybridized carbons (Fsp3) is 0.385. The van der Waals surface area contributed by atoms with Gasteiger partial charge in [-0.25, -0.2) is 4.98 Å². The number of amides is 1. The molecule has 1 saturated heterocycles. The number of likely N-dealkylation sites (tertiary alicyclic amines) is 1. The number of fused-ring (bicyclic) bond motifs is 1. The smallest absolute Gasteiger partial charge is 0.310 e. The number of hydrogen-bond acceptors (Lipinski definition) is 8. The molecule has 1 aliphatic heterocycles. The summed E-state index contributed by atoms with van der Waals surface area (Å²) >= 11 is 1.16. The van der Waals surface area contributed by atoms with Crippen molar-refractivity contribution in [1.29, 1.82) is 5.26 Å². The number of carbonyl (C=O) groups is 2. The number of nitriles is 1. The Kier molecular flexibility index (Phi) is 6.94. The minimum absolute atomic E-state index is 0.100. The van der Waals surface area contributed by atoms with Gasteiger partial charge in [0.1, 0.15) is 27.2 Å². The lowest BCUT2D eigenvalue weighted by Crippen LogP contribution is -2.42. The van der Waals surface area contributed by atoms with Crippen LogP contribution in [0.15, 0.2) is 24.3 Å². The summed E-state index contributed by atoms with van der Waals surface area (Å²) in [4.78, 5) is 32.7. The Morgan fingerprint density at radius 3 is 2.63 bits per heavy atom. The number of pyridine rings is 1. The molecule has 1 atom stereocenters. The van der Waals surface area contributed by atoms with Gasteiger partial charge in [-0.15, -0.1) is 11.3 Å². The lowest BCUT2D eigenvalue weighted by Gasteiger charge is -2.31. The van der Waals surface area contributed by atoms with E-state index >= 15 is 0 Å². The quantitative estimate of drug-likeness (QED) is 0.500. The van der Waals surface area contributed by atoms with Crippen molar-refractivity contribution in [2.75, 3.05) is 31.2 Å². The molecule has 8 nitrogen and oxygen atoms in total. The summed E-state index contributed by atoms with van der Waals surface area (Å²) in [7, 11) is 0. The maximum atomic E-state index is 13.5. The van der Waals surface area contributed by atoms with E-state index in [1.54, 1.807) is 11.8 Å². The first-order chi connectivity index (χ1) is 16.8. The molecule has 182 valence electrons. The van der Waals surface area contributed by atoms with Gasteiger partial charge in [0.25, 0.3) is 5.91 Å². The van der Waals surface area contributed by atoms with Crippen molar-refractivity contribution in [1.82, 2.24) is 9.88 Å². The number of hydrogen-bond donors (Lipinski definition) is 2. The van der Waals surface area contributed by atoms with Crippen molar-refractivity contribution in [3.8, 4) is 17.2 Å². The Balaban J connectivity index is 1.78. The Hall–Kier alpha value is -3.64. The Bertz CT molecular complexity index is 1320. The molecule has 1 unspecified atom stereocenters. The fourth-order valence-corrected chi connectivity index (χ4v) is 5.60. The molecular formula is C26H29N5O3S. The predicted molar refractivity (Wildman–Crippen MR) is 138 cm³/mol. The van der Waals surface area contributed by atoms with E-state index in [2.05, 4.69) is 24.9 Å². The summed E-state index contributed by atoms with van der Waals surface area (Å²) in [5, 5.41) is 10.4. The lowest BCUT2D eigenvalue weighted by atomic mass is 9.94. The van der Waals surface area contributed by atoms with Gasteiger partial charge >= 0.3 is 5.97 Å². The van der Waals surface area contributed by atoms with E-state index in [0.717, 1.165) is 16.9 Å². The second-order valence-corrected chi connectivity index (χ2v) is 10.0. The van der Waals surface area contributed by atoms with Crippen LogP contribution in [0.1, 0.15) is 60.3 Å². The van der Waals surface area contributed by atoms with Crippen LogP contribution in [-0.4, -0.2) is 41.5 Å². The third-order valence-electron chi connectivity index (χ3n) is 6.41. The number of carbonyl (C=O) groups excluding carboxylic acids is 2. The first-order valence-corrected chi connectivity index (χ1v) is 12.6. The highest BCUT2D eigenvalue weighted by Crippen LogP contribution is 2.43. The molecule has 1 aromatic carbocycles. The first-order valence-electron chi connectivity index (χ1n) is 11.7. The van der Waals surface area contributed by atoms with Crippen LogP contribution in [0.2, 0.25) is 0 Å². The van der Waals surface area contributed by atoms with Crippen molar-refractivity contribution in [2.45, 2.75) is 39.5 Å². The monoisotopic (exact) mass is 491 g/mol. The number of nitrogen functional groups attached to an aromatic ring is 2. The fourth-order valence-electron chi connectivity index (χ4n) is 4.52. The van der Waals surface area contributed by atoms with Gasteiger partial charge in [0.2, 0.25) is 0 Å². The van der Waals surface area contributed by atoms with E-state index in [0.29, 0.717) is 52.6 Å². The van der Waals surface area contributed by atoms with Crippen LogP contribution in [0.25, 0.3) is 21.3 Å². The Morgan fingerprint density at radius 2 is 2.00 bits per heavy atom. The van der Waals surface area contributed by atoms with Crippen molar-refractivity contribution < 1.29 is 14.3 Å². The van der Waals surface area contributed by atoms with Crippen LogP contribution in [0.3, 0.4) is 0 Å². The van der Waals surface area contributed by atoms with Gasteiger partial charge in [-0.1, -0.05) is 38.1 Å². The number of aromatic nitrogens is 1. The summed E-state index contributed by atoms with van der Waals surface area (Å²) in [6, 6.07) is 10.1. The number of ether oxygens (including phenoxy) is 1. The molecule has 0 saturated carbocycles. The largest absolute Gasteiger partial charge is 0.466 e. The van der Waals surface area contributed by atoms with E-state index < -0.39 is 0 Å². The van der Waals surface area contributed by atoms with Gasteiger partial charge < -0.3 is 21.1 Å². The van der Waals surface area contributed by atoms with Crippen molar-refractivity contribution >= 4 is 44.9 Å². The highest BCUT2D eigenvalue weighted by atomic mass is 32.1. The average Bonchev–Trinajstić information content (AvgIpc) is 3.18. The third-order valence-corrected chi connectivity index (χ3v) is 7.49. The predicted octanol–water partition coefficient (Wildman–Crippen LogP) is 4.54. The van der Waals surface area contributed by atoms with E-state index in [4.69, 9.17) is 16.2 Å². The topological polar surface area (TPSA) is 135 Å². The molecule has 3 heterocycles. The molecule has 1 amide bonds. The van der Waals surface area contributed by atoms with Gasteiger partial charge in [-0.2, -0.15) is 5.26 Å². The zero-order valence-electron chi connectivity index (χ0n) is 20.1. The summed E-state index contributed by atoms with van der Waals surface area (Å²) in [6.45, 7) is 7.12. The van der Waals surface area contributed by atoms with Crippen LogP contribution in [0, 0.1) is 17.2 Å². The summed E-state index contributed by atoms with van der Waals surface area (Å²) in [5.41, 5.74) is 15.8. The number of piperidine rings is 1. The van der Waals surface area contributed by atoms with Crippen molar-refractivity contribution in [3.63, 3.8) is 0 Å². The van der Waals surface area contributed by atoms with E-state index in [9.17, 15) is 14.9 Å². The molecular weight excluding hydrogens is 462 g/mol. The molecule has 9 heteroatoms. The Morgan fingerprint density at radius 1 is 1.29 bits per heavy atom. The zero-order valence-corrected chi connectivity index (χ0v) is 20.9. The molecule has 1 fully saturated rings. The minimum atomic E-state index is -0.350. The number of nitrogens with two attached hydrogens (primary N) is 2. The van der Waals surface area contributed by atoms with Crippen LogP contribution >= 0.6 is 11.3 Å². The average molecular weight is 492 g/mol. The second kappa shape index (κ2) is 9.92. The molecule has 1 aliphatic rings. The van der Waals surface area contributed by atoms with Gasteiger partial charge in [0.05, 0.1) is 18.2 Å². The van der Waals surface area contributed by atoms with Crippen LogP contribution in [-0.2, 0) is 9.53 Å². The second-order valence-electron chi connectivity index (χ2n) is 9.00. The highest BCUT2D eigenvalue weighted by Gasteiger charge is 2.32. The maximum Gasteiger partial charge on any atom is 0.310 e. The minimum Gasteiger partial charge on any atom is -0.466 e. The number of rotatable bonds is 5. The molecule has 2 aromatic heterocycles. The summed E-state index contributed by atoms with van der Waals surface area (Å²) in [6.07, 6.45) is 1.39. The highest BCUT2D eigenvalue weighted by molar-refractivity contribution is 7.21. The third kappa shape index (κ3) is 4.54. The normalized spacial score (nSPS) is 15.9. The molecule has 0 spiro atoms. The van der Waals surface area contributed by atoms with Crippen molar-refractivity contribution in [3.05, 3.63) is 40.3 Å². The molecule has 0 aliphatic carbocycles. The molecule has 3 aromatic rings. The molecule has 0 bridgehead atoms. The maximum absolute atomic E-state index is 13.5. The number of anilines is 2. The molecule has 4 N–H and O–H groups in total. The number of nitrogens with zero attached hydrogens (tertiary/aromatic N) is 3. The van der Waals surface area contributed by atoms with E-state index in [1.165, 1.54) is 5.56 Å². The van der Waals surface area contributed by atoms with Crippen LogP contribution in [0.4, 0.5) is 11.5 Å². The summed E-state index contributed by atoms with van der Waals surface area (Å²) < 4.78 is 5.16. The van der Waals surface area contributed by atoms with E-state index in [1.807, 2.05) is 24.3 Å². The van der Waals surface area contributed by atoms with Gasteiger partial charge in [0, 0.05) is 24.0 Å². The SMILES string of the molecule is CCOC(=O)C1CCCN(C(=O)c2sc3nc(N)c(C#N)c(-c4ccc(C(C)C)cc4)c3c2N)C1. The standard InChI is InChI=1S/C26H29N5O3S/c1-4-34-26(33)17-6-5-11-31(13-17)25(32)22-21(28)20-19(16-9-7-15(8-10-16)14(2)3)18(12-27)23(29)30-24(20)35-22/h7-10,14,17H,4-6,11,13,28H2,1-3H3,(H2,29,30). The summed E-state index contributed by atoms with van der Waals surface area (Å²) in [5.74, 6) is -0.423.